The number of para-hydroxylation sites is 1. The van der Waals surface area contributed by atoms with E-state index in [9.17, 15) is 9.90 Å². The van der Waals surface area contributed by atoms with Crippen molar-refractivity contribution in [2.24, 2.45) is 5.41 Å². The van der Waals surface area contributed by atoms with Gasteiger partial charge in [0.25, 0.3) is 0 Å². The van der Waals surface area contributed by atoms with Crippen molar-refractivity contribution < 1.29 is 14.6 Å². The van der Waals surface area contributed by atoms with Crippen LogP contribution < -0.4 is 4.74 Å². The monoisotopic (exact) mass is 264 g/mol. The number of ether oxygens (including phenoxy) is 1. The van der Waals surface area contributed by atoms with Crippen LogP contribution in [-0.4, -0.2) is 17.7 Å². The van der Waals surface area contributed by atoms with Gasteiger partial charge in [-0.15, -0.1) is 0 Å². The first kappa shape index (κ1) is 15.5. The molecule has 0 atom stereocenters. The molecular formula is C16H24O3. The molecule has 0 aliphatic carbocycles. The average Bonchev–Trinajstić information content (AvgIpc) is 2.44. The van der Waals surface area contributed by atoms with Gasteiger partial charge in [-0.2, -0.15) is 0 Å². The second-order valence-corrected chi connectivity index (χ2v) is 4.91. The zero-order valence-electron chi connectivity index (χ0n) is 11.9. The van der Waals surface area contributed by atoms with E-state index in [4.69, 9.17) is 4.74 Å². The van der Waals surface area contributed by atoms with Gasteiger partial charge in [0.05, 0.1) is 12.0 Å². The second kappa shape index (κ2) is 7.82. The van der Waals surface area contributed by atoms with Crippen molar-refractivity contribution in [1.82, 2.24) is 0 Å². The quantitative estimate of drug-likeness (QED) is 0.682. The lowest BCUT2D eigenvalue weighted by atomic mass is 9.78. The highest BCUT2D eigenvalue weighted by Gasteiger charge is 2.33. The first-order valence-corrected chi connectivity index (χ1v) is 7.06. The van der Waals surface area contributed by atoms with Crippen molar-refractivity contribution in [3.8, 4) is 5.75 Å². The lowest BCUT2D eigenvalue weighted by molar-refractivity contribution is -0.150. The van der Waals surface area contributed by atoms with E-state index in [1.807, 2.05) is 44.2 Å². The van der Waals surface area contributed by atoms with Crippen molar-refractivity contribution in [3.05, 3.63) is 30.3 Å². The van der Waals surface area contributed by atoms with Crippen LogP contribution in [0.2, 0.25) is 0 Å². The molecule has 1 N–H and O–H groups in total. The minimum Gasteiger partial charge on any atom is -0.494 e. The molecule has 0 spiro atoms. The van der Waals surface area contributed by atoms with Crippen LogP contribution in [0, 0.1) is 5.41 Å². The van der Waals surface area contributed by atoms with Crippen molar-refractivity contribution in [1.29, 1.82) is 0 Å². The van der Waals surface area contributed by atoms with Crippen molar-refractivity contribution in [3.63, 3.8) is 0 Å². The predicted molar refractivity (Wildman–Crippen MR) is 76.4 cm³/mol. The van der Waals surface area contributed by atoms with Gasteiger partial charge in [0.1, 0.15) is 5.75 Å². The van der Waals surface area contributed by atoms with Gasteiger partial charge >= 0.3 is 5.97 Å². The summed E-state index contributed by atoms with van der Waals surface area (Å²) in [5.41, 5.74) is -0.549. The first-order chi connectivity index (χ1) is 9.14. The number of carboxylic acids is 1. The molecule has 1 aromatic carbocycles. The third-order valence-corrected chi connectivity index (χ3v) is 3.87. The van der Waals surface area contributed by atoms with Gasteiger partial charge in [-0.1, -0.05) is 32.0 Å². The molecule has 0 fully saturated rings. The predicted octanol–water partition coefficient (Wildman–Crippen LogP) is 4.13. The molecule has 0 amide bonds. The fourth-order valence-corrected chi connectivity index (χ4v) is 2.29. The molecule has 0 unspecified atom stereocenters. The highest BCUT2D eigenvalue weighted by atomic mass is 16.5. The van der Waals surface area contributed by atoms with Crippen LogP contribution in [0.3, 0.4) is 0 Å². The van der Waals surface area contributed by atoms with Crippen molar-refractivity contribution >= 4 is 5.97 Å². The molecule has 0 aliphatic rings. The van der Waals surface area contributed by atoms with Crippen LogP contribution >= 0.6 is 0 Å². The Balaban J connectivity index is 2.28. The Kier molecular flexibility index (Phi) is 6.40. The second-order valence-electron chi connectivity index (χ2n) is 4.91. The van der Waals surface area contributed by atoms with Crippen LogP contribution in [0.4, 0.5) is 0 Å². The van der Waals surface area contributed by atoms with Crippen molar-refractivity contribution in [2.45, 2.75) is 46.0 Å². The third-order valence-electron chi connectivity index (χ3n) is 3.87. The number of unbranched alkanes of at least 4 members (excludes halogenated alkanes) is 1. The highest BCUT2D eigenvalue weighted by Crippen LogP contribution is 2.32. The molecule has 0 heterocycles. The SMILES string of the molecule is CCC(CC)(CCCCOc1ccccc1)C(=O)O. The van der Waals surface area contributed by atoms with Gasteiger partial charge in [-0.05, 0) is 44.2 Å². The molecule has 0 radical (unpaired) electrons. The Morgan fingerprint density at radius 3 is 2.32 bits per heavy atom. The van der Waals surface area contributed by atoms with E-state index in [0.717, 1.165) is 25.0 Å². The molecule has 0 bridgehead atoms. The zero-order valence-corrected chi connectivity index (χ0v) is 11.9. The Bertz CT molecular complexity index is 369. The maximum atomic E-state index is 11.3. The zero-order chi connectivity index (χ0) is 14.1. The smallest absolute Gasteiger partial charge is 0.309 e. The topological polar surface area (TPSA) is 46.5 Å². The Morgan fingerprint density at radius 2 is 1.79 bits per heavy atom. The minimum atomic E-state index is -0.665. The number of benzene rings is 1. The molecule has 19 heavy (non-hydrogen) atoms. The molecule has 0 aliphatic heterocycles. The van der Waals surface area contributed by atoms with Gasteiger partial charge in [-0.25, -0.2) is 0 Å². The van der Waals surface area contributed by atoms with E-state index >= 15 is 0 Å². The highest BCUT2D eigenvalue weighted by molar-refractivity contribution is 5.74. The summed E-state index contributed by atoms with van der Waals surface area (Å²) in [7, 11) is 0. The van der Waals surface area contributed by atoms with Gasteiger partial charge in [0.2, 0.25) is 0 Å². The number of carbonyl (C=O) groups is 1. The summed E-state index contributed by atoms with van der Waals surface area (Å²) in [5.74, 6) is 0.208. The summed E-state index contributed by atoms with van der Waals surface area (Å²) in [4.78, 5) is 11.3. The van der Waals surface area contributed by atoms with Gasteiger partial charge < -0.3 is 9.84 Å². The lowest BCUT2D eigenvalue weighted by Crippen LogP contribution is -2.29. The fraction of sp³-hybridized carbons (Fsp3) is 0.562. The van der Waals surface area contributed by atoms with Crippen LogP contribution in [0.1, 0.15) is 46.0 Å². The molecular weight excluding hydrogens is 240 g/mol. The molecule has 0 aromatic heterocycles. The van der Waals surface area contributed by atoms with Crippen LogP contribution in [0.15, 0.2) is 30.3 Å². The molecule has 106 valence electrons. The summed E-state index contributed by atoms with van der Waals surface area (Å²) in [6, 6.07) is 9.70. The maximum absolute atomic E-state index is 11.3. The summed E-state index contributed by atoms with van der Waals surface area (Å²) in [5, 5.41) is 9.33. The molecule has 1 aromatic rings. The molecule has 1 rings (SSSR count). The summed E-state index contributed by atoms with van der Waals surface area (Å²) in [6.07, 6.45) is 3.90. The van der Waals surface area contributed by atoms with E-state index in [-0.39, 0.29) is 0 Å². The maximum Gasteiger partial charge on any atom is 0.309 e. The number of hydrogen-bond donors (Lipinski definition) is 1. The van der Waals surface area contributed by atoms with E-state index in [2.05, 4.69) is 0 Å². The number of carboxylic acid groups (broad SMARTS) is 1. The number of rotatable bonds is 9. The largest absolute Gasteiger partial charge is 0.494 e. The molecule has 0 saturated carbocycles. The van der Waals surface area contributed by atoms with Crippen LogP contribution in [-0.2, 0) is 4.79 Å². The standard InChI is InChI=1S/C16H24O3/c1-3-16(4-2,15(17)18)12-8-9-13-19-14-10-6-5-7-11-14/h5-7,10-11H,3-4,8-9,12-13H2,1-2H3,(H,17,18). The Hall–Kier alpha value is -1.51. The van der Waals surface area contributed by atoms with Crippen LogP contribution in [0.5, 0.6) is 5.75 Å². The van der Waals surface area contributed by atoms with Gasteiger partial charge in [0.15, 0.2) is 0 Å². The van der Waals surface area contributed by atoms with E-state index in [1.54, 1.807) is 0 Å². The normalized spacial score (nSPS) is 11.3. The summed E-state index contributed by atoms with van der Waals surface area (Å²) in [6.45, 7) is 4.56. The van der Waals surface area contributed by atoms with Gasteiger partial charge in [-0.3, -0.25) is 4.79 Å². The average molecular weight is 264 g/mol. The number of aliphatic carboxylic acids is 1. The number of hydrogen-bond acceptors (Lipinski definition) is 2. The molecule has 0 saturated heterocycles. The lowest BCUT2D eigenvalue weighted by Gasteiger charge is -2.26. The fourth-order valence-electron chi connectivity index (χ4n) is 2.29. The first-order valence-electron chi connectivity index (χ1n) is 7.06. The van der Waals surface area contributed by atoms with E-state index in [1.165, 1.54) is 0 Å². The Labute approximate surface area is 115 Å². The molecule has 3 heteroatoms. The summed E-state index contributed by atoms with van der Waals surface area (Å²) < 4.78 is 5.60. The van der Waals surface area contributed by atoms with Crippen LogP contribution in [0.25, 0.3) is 0 Å². The third kappa shape index (κ3) is 4.58. The van der Waals surface area contributed by atoms with Crippen molar-refractivity contribution in [2.75, 3.05) is 6.61 Å². The summed E-state index contributed by atoms with van der Waals surface area (Å²) >= 11 is 0. The minimum absolute atomic E-state index is 0.549. The molecule has 3 nitrogen and oxygen atoms in total. The Morgan fingerprint density at radius 1 is 1.16 bits per heavy atom. The van der Waals surface area contributed by atoms with E-state index < -0.39 is 11.4 Å². The van der Waals surface area contributed by atoms with E-state index in [0.29, 0.717) is 19.4 Å². The van der Waals surface area contributed by atoms with Gasteiger partial charge in [0, 0.05) is 0 Å².